The molecular weight excluding hydrogens is 298 g/mol. The van der Waals surface area contributed by atoms with Crippen molar-refractivity contribution in [2.24, 2.45) is 0 Å². The normalized spacial score (nSPS) is 17.1. The van der Waals surface area contributed by atoms with Crippen molar-refractivity contribution < 1.29 is 13.9 Å². The number of nitrogens with one attached hydrogen (secondary N) is 2. The zero-order valence-corrected chi connectivity index (χ0v) is 13.3. The van der Waals surface area contributed by atoms with Crippen LogP contribution in [0.4, 0.5) is 0 Å². The van der Waals surface area contributed by atoms with Gasteiger partial charge in [-0.15, -0.1) is 0 Å². The van der Waals surface area contributed by atoms with Gasteiger partial charge in [0.1, 0.15) is 11.5 Å². The van der Waals surface area contributed by atoms with Crippen LogP contribution in [-0.4, -0.2) is 59.1 Å². The molecule has 0 unspecified atom stereocenters. The molecule has 1 aliphatic rings. The lowest BCUT2D eigenvalue weighted by atomic mass is 10.1. The van der Waals surface area contributed by atoms with E-state index in [9.17, 15) is 4.79 Å². The summed E-state index contributed by atoms with van der Waals surface area (Å²) in [6.45, 7) is 7.09. The number of nitrogens with zero attached hydrogens (tertiary/aromatic N) is 3. The van der Waals surface area contributed by atoms with Gasteiger partial charge in [-0.2, -0.15) is 15.4 Å². The van der Waals surface area contributed by atoms with Gasteiger partial charge in [-0.05, 0) is 26.0 Å². The highest BCUT2D eigenvalue weighted by Crippen LogP contribution is 2.23. The second-order valence-electron chi connectivity index (χ2n) is 5.58. The van der Waals surface area contributed by atoms with E-state index < -0.39 is 0 Å². The fourth-order valence-corrected chi connectivity index (χ4v) is 2.70. The van der Waals surface area contributed by atoms with E-state index in [1.807, 2.05) is 19.1 Å². The van der Waals surface area contributed by atoms with Crippen LogP contribution in [0.2, 0.25) is 0 Å². The SMILES string of the molecule is Cc1ccc([C@@H](CNC(=O)c2n[nH]nc2C)N2CCOCC2)o1. The van der Waals surface area contributed by atoms with Gasteiger partial charge in [0.25, 0.3) is 5.91 Å². The molecule has 124 valence electrons. The molecule has 0 spiro atoms. The quantitative estimate of drug-likeness (QED) is 0.847. The summed E-state index contributed by atoms with van der Waals surface area (Å²) in [6, 6.07) is 3.87. The molecule has 2 aromatic rings. The molecule has 0 aliphatic carbocycles. The van der Waals surface area contributed by atoms with Gasteiger partial charge in [0, 0.05) is 19.6 Å². The number of morpholine rings is 1. The Labute approximate surface area is 134 Å². The molecule has 1 aliphatic heterocycles. The second kappa shape index (κ2) is 6.93. The largest absolute Gasteiger partial charge is 0.465 e. The lowest BCUT2D eigenvalue weighted by molar-refractivity contribution is 0.0117. The van der Waals surface area contributed by atoms with Gasteiger partial charge in [-0.1, -0.05) is 0 Å². The summed E-state index contributed by atoms with van der Waals surface area (Å²) in [4.78, 5) is 14.5. The number of ether oxygens (including phenoxy) is 1. The van der Waals surface area contributed by atoms with E-state index in [2.05, 4.69) is 25.6 Å². The number of hydrogen-bond donors (Lipinski definition) is 2. The Balaban J connectivity index is 1.71. The number of H-pyrrole nitrogens is 1. The molecule has 1 saturated heterocycles. The van der Waals surface area contributed by atoms with Gasteiger partial charge < -0.3 is 14.5 Å². The summed E-state index contributed by atoms with van der Waals surface area (Å²) in [6.07, 6.45) is 0. The number of carbonyl (C=O) groups excluding carboxylic acids is 1. The molecule has 23 heavy (non-hydrogen) atoms. The maximum absolute atomic E-state index is 12.2. The van der Waals surface area contributed by atoms with E-state index in [4.69, 9.17) is 9.15 Å². The monoisotopic (exact) mass is 319 g/mol. The number of furan rings is 1. The van der Waals surface area contributed by atoms with Crippen LogP contribution >= 0.6 is 0 Å². The van der Waals surface area contributed by atoms with Gasteiger partial charge >= 0.3 is 0 Å². The Hall–Kier alpha value is -2.19. The summed E-state index contributed by atoms with van der Waals surface area (Å²) < 4.78 is 11.2. The Bertz CT molecular complexity index is 660. The number of rotatable bonds is 5. The van der Waals surface area contributed by atoms with Crippen molar-refractivity contribution in [3.63, 3.8) is 0 Å². The van der Waals surface area contributed by atoms with E-state index in [1.54, 1.807) is 6.92 Å². The number of aryl methyl sites for hydroxylation is 2. The molecule has 1 amide bonds. The molecule has 0 aromatic carbocycles. The first-order chi connectivity index (χ1) is 11.1. The maximum atomic E-state index is 12.2. The second-order valence-corrected chi connectivity index (χ2v) is 5.58. The number of hydrogen-bond acceptors (Lipinski definition) is 6. The first kappa shape index (κ1) is 15.7. The van der Waals surface area contributed by atoms with Gasteiger partial charge in [0.2, 0.25) is 0 Å². The van der Waals surface area contributed by atoms with Crippen molar-refractivity contribution >= 4 is 5.91 Å². The summed E-state index contributed by atoms with van der Waals surface area (Å²) in [7, 11) is 0. The Kier molecular flexibility index (Phi) is 4.73. The van der Waals surface area contributed by atoms with Crippen LogP contribution in [0.5, 0.6) is 0 Å². The van der Waals surface area contributed by atoms with Gasteiger partial charge in [0.15, 0.2) is 5.69 Å². The van der Waals surface area contributed by atoms with Crippen molar-refractivity contribution in [1.29, 1.82) is 0 Å². The number of aromatic amines is 1. The van der Waals surface area contributed by atoms with Crippen LogP contribution < -0.4 is 5.32 Å². The van der Waals surface area contributed by atoms with Crippen molar-refractivity contribution in [1.82, 2.24) is 25.6 Å². The predicted molar refractivity (Wildman–Crippen MR) is 82.0 cm³/mol. The average Bonchev–Trinajstić information content (AvgIpc) is 3.17. The molecule has 2 N–H and O–H groups in total. The van der Waals surface area contributed by atoms with Gasteiger partial charge in [-0.3, -0.25) is 9.69 Å². The van der Waals surface area contributed by atoms with Crippen LogP contribution in [0.15, 0.2) is 16.5 Å². The number of carbonyl (C=O) groups is 1. The fraction of sp³-hybridized carbons (Fsp3) is 0.533. The van der Waals surface area contributed by atoms with Gasteiger partial charge in [-0.25, -0.2) is 0 Å². The van der Waals surface area contributed by atoms with Crippen LogP contribution in [0.3, 0.4) is 0 Å². The van der Waals surface area contributed by atoms with E-state index >= 15 is 0 Å². The minimum atomic E-state index is -0.238. The molecule has 1 atom stereocenters. The number of aromatic nitrogens is 3. The highest BCUT2D eigenvalue weighted by molar-refractivity contribution is 5.93. The first-order valence-corrected chi connectivity index (χ1v) is 7.69. The Morgan fingerprint density at radius 1 is 1.35 bits per heavy atom. The molecule has 3 rings (SSSR count). The standard InChI is InChI=1S/C15H21N5O3/c1-10-3-4-13(23-10)12(20-5-7-22-8-6-20)9-16-15(21)14-11(2)17-19-18-14/h3-4,12H,5-9H2,1-2H3,(H,16,21)(H,17,18,19)/t12-/m1/s1. The number of amides is 1. The molecule has 2 aromatic heterocycles. The van der Waals surface area contributed by atoms with E-state index in [1.165, 1.54) is 0 Å². The summed E-state index contributed by atoms with van der Waals surface area (Å²) >= 11 is 0. The highest BCUT2D eigenvalue weighted by atomic mass is 16.5. The van der Waals surface area contributed by atoms with Crippen molar-refractivity contribution in [3.05, 3.63) is 35.0 Å². The van der Waals surface area contributed by atoms with E-state index in [-0.39, 0.29) is 11.9 Å². The van der Waals surface area contributed by atoms with E-state index in [0.717, 1.165) is 24.6 Å². The van der Waals surface area contributed by atoms with Crippen LogP contribution in [0.25, 0.3) is 0 Å². The molecule has 8 nitrogen and oxygen atoms in total. The summed E-state index contributed by atoms with van der Waals surface area (Å²) in [5, 5.41) is 13.1. The third-order valence-corrected chi connectivity index (χ3v) is 3.97. The highest BCUT2D eigenvalue weighted by Gasteiger charge is 2.26. The average molecular weight is 319 g/mol. The van der Waals surface area contributed by atoms with Crippen molar-refractivity contribution in [3.8, 4) is 0 Å². The maximum Gasteiger partial charge on any atom is 0.273 e. The minimum absolute atomic E-state index is 0.0243. The predicted octanol–water partition coefficient (Wildman–Crippen LogP) is 0.818. The lowest BCUT2D eigenvalue weighted by Crippen LogP contribution is -2.43. The molecular formula is C15H21N5O3. The molecule has 0 saturated carbocycles. The molecule has 0 bridgehead atoms. The van der Waals surface area contributed by atoms with Crippen LogP contribution in [0, 0.1) is 13.8 Å². The smallest absolute Gasteiger partial charge is 0.273 e. The zero-order chi connectivity index (χ0) is 16.2. The van der Waals surface area contributed by atoms with Crippen molar-refractivity contribution in [2.75, 3.05) is 32.8 Å². The molecule has 1 fully saturated rings. The van der Waals surface area contributed by atoms with Gasteiger partial charge in [0.05, 0.1) is 24.9 Å². The zero-order valence-electron chi connectivity index (χ0n) is 13.3. The first-order valence-electron chi connectivity index (χ1n) is 7.69. The lowest BCUT2D eigenvalue weighted by Gasteiger charge is -2.33. The third kappa shape index (κ3) is 3.59. The molecule has 0 radical (unpaired) electrons. The minimum Gasteiger partial charge on any atom is -0.465 e. The Morgan fingerprint density at radius 3 is 2.74 bits per heavy atom. The summed E-state index contributed by atoms with van der Waals surface area (Å²) in [5.74, 6) is 1.47. The van der Waals surface area contributed by atoms with Crippen molar-refractivity contribution in [2.45, 2.75) is 19.9 Å². The summed E-state index contributed by atoms with van der Waals surface area (Å²) in [5.41, 5.74) is 0.903. The topological polar surface area (TPSA) is 96.3 Å². The molecule has 8 heteroatoms. The van der Waals surface area contributed by atoms with E-state index in [0.29, 0.717) is 31.1 Å². The Morgan fingerprint density at radius 2 is 2.13 bits per heavy atom. The fourth-order valence-electron chi connectivity index (χ4n) is 2.70. The molecule has 3 heterocycles. The third-order valence-electron chi connectivity index (χ3n) is 3.97. The van der Waals surface area contributed by atoms with Crippen LogP contribution in [-0.2, 0) is 4.74 Å². The van der Waals surface area contributed by atoms with Crippen LogP contribution in [0.1, 0.15) is 33.7 Å².